The maximum absolute atomic E-state index is 11.7. The van der Waals surface area contributed by atoms with Gasteiger partial charge in [0.2, 0.25) is 0 Å². The molecule has 2 radical (unpaired) electrons. The van der Waals surface area contributed by atoms with Gasteiger partial charge in [-0.05, 0) is 0 Å². The highest BCUT2D eigenvalue weighted by atomic mass is 19.4. The maximum atomic E-state index is 11.7. The van der Waals surface area contributed by atoms with Crippen molar-refractivity contribution in [3.63, 3.8) is 0 Å². The molecule has 0 N–H and O–H groups in total. The molecule has 0 unspecified atom stereocenters. The molecule has 0 fully saturated rings. The summed E-state index contributed by atoms with van der Waals surface area (Å²) in [7, 11) is 0. The first-order chi connectivity index (χ1) is 5.00. The van der Waals surface area contributed by atoms with E-state index in [4.69, 9.17) is 0 Å². The van der Waals surface area contributed by atoms with Crippen LogP contribution in [0.1, 0.15) is 0 Å². The summed E-state index contributed by atoms with van der Waals surface area (Å²) in [5.41, 5.74) is 1.60. The summed E-state index contributed by atoms with van der Waals surface area (Å²) in [6.07, 6.45) is -2.64. The van der Waals surface area contributed by atoms with Crippen LogP contribution in [-0.2, 0) is 4.79 Å². The molecule has 0 aromatic rings. The van der Waals surface area contributed by atoms with Crippen molar-refractivity contribution in [2.24, 2.45) is 5.10 Å². The van der Waals surface area contributed by atoms with Gasteiger partial charge in [0.1, 0.15) is 0 Å². The van der Waals surface area contributed by atoms with E-state index in [-0.39, 0.29) is 0 Å². The van der Waals surface area contributed by atoms with Gasteiger partial charge in [-0.25, -0.2) is 0 Å². The van der Waals surface area contributed by atoms with E-state index in [2.05, 4.69) is 10.5 Å². The molecule has 0 spiro atoms. The minimum atomic E-state index is -4.57. The Morgan fingerprint density at radius 2 is 2.09 bits per heavy atom. The van der Waals surface area contributed by atoms with E-state index in [1.807, 2.05) is 0 Å². The van der Waals surface area contributed by atoms with E-state index < -0.39 is 17.7 Å². The van der Waals surface area contributed by atoms with Crippen LogP contribution in [0.5, 0.6) is 0 Å². The predicted molar refractivity (Wildman–Crippen MR) is 28.4 cm³/mol. The number of amides is 1. The standard InChI is InChI=1S/C5HF3N2O/c6-5(7,8)3-1-4(11)10-9-2-3/h2H. The van der Waals surface area contributed by atoms with E-state index >= 15 is 0 Å². The van der Waals surface area contributed by atoms with Crippen molar-refractivity contribution in [1.29, 1.82) is 0 Å². The Morgan fingerprint density at radius 1 is 1.45 bits per heavy atom. The quantitative estimate of drug-likeness (QED) is 0.508. The Bertz CT molecular complexity index is 241. The zero-order valence-electron chi connectivity index (χ0n) is 5.01. The summed E-state index contributed by atoms with van der Waals surface area (Å²) >= 11 is 0. The molecule has 1 rings (SSSR count). The average Bonchev–Trinajstić information content (AvgIpc) is 1.86. The predicted octanol–water partition coefficient (Wildman–Crippen LogP) is 0.409. The van der Waals surface area contributed by atoms with Gasteiger partial charge in [-0.3, -0.25) is 4.79 Å². The van der Waals surface area contributed by atoms with Crippen LogP contribution in [0.2, 0.25) is 0 Å². The van der Waals surface area contributed by atoms with E-state index in [1.165, 1.54) is 6.08 Å². The topological polar surface area (TPSA) is 43.5 Å². The number of hydrogen-bond acceptors (Lipinski definition) is 2. The number of rotatable bonds is 0. The minimum Gasteiger partial charge on any atom is -0.265 e. The molecule has 6 heteroatoms. The second-order valence-corrected chi connectivity index (χ2v) is 1.69. The van der Waals surface area contributed by atoms with Gasteiger partial charge in [0.15, 0.2) is 0 Å². The molecule has 0 saturated carbocycles. The smallest absolute Gasteiger partial charge is 0.265 e. The minimum absolute atomic E-state index is 0.446. The molecule has 1 heterocycles. The lowest BCUT2D eigenvalue weighted by molar-refractivity contribution is -0.119. The Labute approximate surface area is 59.6 Å². The maximum Gasteiger partial charge on any atom is 0.418 e. The molecule has 1 amide bonds. The first-order valence-corrected chi connectivity index (χ1v) is 2.49. The molecular weight excluding hydrogens is 161 g/mol. The number of carbonyl (C=O) groups excluding carboxylic acids is 1. The number of carbonyl (C=O) groups is 1. The van der Waals surface area contributed by atoms with Gasteiger partial charge >= 0.3 is 6.18 Å². The van der Waals surface area contributed by atoms with Crippen LogP contribution in [0, 0.1) is 6.08 Å². The van der Waals surface area contributed by atoms with Gasteiger partial charge in [-0.15, -0.1) is 5.43 Å². The van der Waals surface area contributed by atoms with Crippen LogP contribution < -0.4 is 5.43 Å². The van der Waals surface area contributed by atoms with Crippen molar-refractivity contribution in [2.45, 2.75) is 6.18 Å². The summed E-state index contributed by atoms with van der Waals surface area (Å²) in [5, 5.41) is 2.84. The van der Waals surface area contributed by atoms with Crippen LogP contribution in [0.4, 0.5) is 13.2 Å². The molecule has 0 atom stereocenters. The second kappa shape index (κ2) is 2.37. The van der Waals surface area contributed by atoms with Crippen molar-refractivity contribution >= 4 is 12.1 Å². The lowest BCUT2D eigenvalue weighted by Gasteiger charge is -2.07. The van der Waals surface area contributed by atoms with E-state index in [0.717, 1.165) is 0 Å². The van der Waals surface area contributed by atoms with Gasteiger partial charge in [0.25, 0.3) is 5.91 Å². The number of alkyl halides is 3. The Kier molecular flexibility index (Phi) is 1.67. The van der Waals surface area contributed by atoms with E-state index in [9.17, 15) is 18.0 Å². The highest BCUT2D eigenvalue weighted by Crippen LogP contribution is 2.24. The lowest BCUT2D eigenvalue weighted by atomic mass is 10.2. The molecule has 1 aliphatic heterocycles. The second-order valence-electron chi connectivity index (χ2n) is 1.69. The van der Waals surface area contributed by atoms with Crippen molar-refractivity contribution < 1.29 is 18.0 Å². The number of hydrogen-bond donors (Lipinski definition) is 0. The highest BCUT2D eigenvalue weighted by Gasteiger charge is 2.34. The van der Waals surface area contributed by atoms with Crippen LogP contribution in [0.25, 0.3) is 0 Å². The van der Waals surface area contributed by atoms with Crippen LogP contribution in [0.3, 0.4) is 0 Å². The van der Waals surface area contributed by atoms with Crippen LogP contribution in [0.15, 0.2) is 10.7 Å². The molecule has 3 nitrogen and oxygen atoms in total. The van der Waals surface area contributed by atoms with Gasteiger partial charge in [0, 0.05) is 0 Å². The van der Waals surface area contributed by atoms with Crippen molar-refractivity contribution in [3.8, 4) is 0 Å². The first-order valence-electron chi connectivity index (χ1n) is 2.49. The Balaban J connectivity index is 2.88. The summed E-state index contributed by atoms with van der Waals surface area (Å²) in [4.78, 5) is 10.2. The third-order valence-electron chi connectivity index (χ3n) is 0.882. The third-order valence-corrected chi connectivity index (χ3v) is 0.882. The molecule has 0 aromatic heterocycles. The third kappa shape index (κ3) is 1.79. The lowest BCUT2D eigenvalue weighted by Crippen LogP contribution is -2.22. The number of allylic oxidation sites excluding steroid dienone is 1. The normalized spacial score (nSPS) is 17.7. The average molecular weight is 162 g/mol. The highest BCUT2D eigenvalue weighted by molar-refractivity contribution is 5.95. The zero-order chi connectivity index (χ0) is 8.48. The van der Waals surface area contributed by atoms with Crippen molar-refractivity contribution in [3.05, 3.63) is 11.6 Å². The van der Waals surface area contributed by atoms with Gasteiger partial charge in [-0.2, -0.15) is 18.3 Å². The van der Waals surface area contributed by atoms with Gasteiger partial charge in [-0.1, -0.05) is 0 Å². The summed E-state index contributed by atoms with van der Waals surface area (Å²) in [6.45, 7) is 0. The summed E-state index contributed by atoms with van der Waals surface area (Å²) in [5.74, 6) is -1.11. The number of nitrogens with zero attached hydrogens (tertiary/aromatic N) is 2. The Hall–Kier alpha value is -1.33. The molecule has 0 aromatic carbocycles. The molecule has 0 saturated heterocycles. The molecule has 0 bridgehead atoms. The molecular formula is C5HF3N2O. The monoisotopic (exact) mass is 162 g/mol. The Morgan fingerprint density at radius 3 is 2.45 bits per heavy atom. The van der Waals surface area contributed by atoms with E-state index in [0.29, 0.717) is 6.21 Å². The SMILES string of the molecule is O=C1[C]=C(C(F)(F)F)C=N[N]1. The molecule has 11 heavy (non-hydrogen) atoms. The molecule has 1 aliphatic rings. The summed E-state index contributed by atoms with van der Waals surface area (Å²) < 4.78 is 35.2. The van der Waals surface area contributed by atoms with Crippen LogP contribution >= 0.6 is 0 Å². The fourth-order valence-corrected chi connectivity index (χ4v) is 0.456. The van der Waals surface area contributed by atoms with Crippen LogP contribution in [-0.4, -0.2) is 18.3 Å². The van der Waals surface area contributed by atoms with Crippen molar-refractivity contribution in [2.75, 3.05) is 0 Å². The first kappa shape index (κ1) is 7.77. The fraction of sp³-hybridized carbons (Fsp3) is 0.200. The zero-order valence-corrected chi connectivity index (χ0v) is 5.01. The van der Waals surface area contributed by atoms with E-state index in [1.54, 1.807) is 0 Å². The molecule has 0 aliphatic carbocycles. The molecule has 58 valence electrons. The van der Waals surface area contributed by atoms with Gasteiger partial charge in [0.05, 0.1) is 17.9 Å². The summed E-state index contributed by atoms with van der Waals surface area (Å²) in [6, 6.07) is 0. The number of halogens is 3. The largest absolute Gasteiger partial charge is 0.418 e. The van der Waals surface area contributed by atoms with Gasteiger partial charge < -0.3 is 0 Å². The van der Waals surface area contributed by atoms with Crippen molar-refractivity contribution in [1.82, 2.24) is 5.43 Å². The fourth-order valence-electron chi connectivity index (χ4n) is 0.456.